The maximum Gasteiger partial charge on any atom is 0.276 e. The number of nitrogens with one attached hydrogen (secondary N) is 1. The van der Waals surface area contributed by atoms with Gasteiger partial charge in [-0.05, 0) is 19.1 Å². The molecule has 0 bridgehead atoms. The second-order valence-corrected chi connectivity index (χ2v) is 5.63. The summed E-state index contributed by atoms with van der Waals surface area (Å²) in [4.78, 5) is 0. The van der Waals surface area contributed by atoms with Gasteiger partial charge in [-0.25, -0.2) is 8.42 Å². The molecule has 0 aromatic carbocycles. The SMILES string of the molecule is Cc1ccc(S(=O)(=O)N(C)C2CNC2)o1. The average Bonchev–Trinajstić information content (AvgIpc) is 2.49. The molecule has 1 aromatic heterocycles. The fourth-order valence-electron chi connectivity index (χ4n) is 1.42. The lowest BCUT2D eigenvalue weighted by molar-refractivity contribution is 0.267. The monoisotopic (exact) mass is 230 g/mol. The van der Waals surface area contributed by atoms with E-state index < -0.39 is 10.0 Å². The highest BCUT2D eigenvalue weighted by molar-refractivity contribution is 7.89. The summed E-state index contributed by atoms with van der Waals surface area (Å²) in [7, 11) is -1.87. The summed E-state index contributed by atoms with van der Waals surface area (Å²) in [6.45, 7) is 3.13. The largest absolute Gasteiger partial charge is 0.449 e. The molecule has 1 aromatic rings. The van der Waals surface area contributed by atoms with Crippen LogP contribution in [0.5, 0.6) is 0 Å². The Morgan fingerprint density at radius 1 is 1.47 bits per heavy atom. The Morgan fingerprint density at radius 3 is 2.53 bits per heavy atom. The summed E-state index contributed by atoms with van der Waals surface area (Å²) < 4.78 is 30.5. The van der Waals surface area contributed by atoms with Crippen LogP contribution >= 0.6 is 0 Å². The van der Waals surface area contributed by atoms with Crippen molar-refractivity contribution in [1.82, 2.24) is 9.62 Å². The van der Waals surface area contributed by atoms with Crippen molar-refractivity contribution in [3.8, 4) is 0 Å². The van der Waals surface area contributed by atoms with Gasteiger partial charge in [-0.15, -0.1) is 0 Å². The molecule has 0 amide bonds. The maximum atomic E-state index is 12.0. The zero-order chi connectivity index (χ0) is 11.1. The van der Waals surface area contributed by atoms with E-state index in [1.54, 1.807) is 20.0 Å². The van der Waals surface area contributed by atoms with E-state index in [1.807, 2.05) is 0 Å². The van der Waals surface area contributed by atoms with E-state index >= 15 is 0 Å². The summed E-state index contributed by atoms with van der Waals surface area (Å²) in [5.41, 5.74) is 0. The van der Waals surface area contributed by atoms with Crippen molar-refractivity contribution in [2.75, 3.05) is 20.1 Å². The number of furan rings is 1. The first-order chi connectivity index (χ1) is 7.01. The Hall–Kier alpha value is -0.850. The number of likely N-dealkylation sites (N-methyl/N-ethyl adjacent to an activating group) is 1. The molecule has 0 spiro atoms. The van der Waals surface area contributed by atoms with Gasteiger partial charge in [-0.2, -0.15) is 4.31 Å². The van der Waals surface area contributed by atoms with Crippen LogP contribution in [0.15, 0.2) is 21.6 Å². The first-order valence-corrected chi connectivity index (χ1v) is 6.21. The van der Waals surface area contributed by atoms with Crippen molar-refractivity contribution in [2.24, 2.45) is 0 Å². The lowest BCUT2D eigenvalue weighted by Gasteiger charge is -2.33. The van der Waals surface area contributed by atoms with Crippen LogP contribution in [0.2, 0.25) is 0 Å². The number of sulfonamides is 1. The molecule has 0 unspecified atom stereocenters. The zero-order valence-corrected chi connectivity index (χ0v) is 9.54. The van der Waals surface area contributed by atoms with Crippen LogP contribution in [0.3, 0.4) is 0 Å². The first kappa shape index (κ1) is 10.7. The summed E-state index contributed by atoms with van der Waals surface area (Å²) in [6.07, 6.45) is 0. The maximum absolute atomic E-state index is 12.0. The molecule has 1 aliphatic rings. The van der Waals surface area contributed by atoms with Crippen molar-refractivity contribution in [3.05, 3.63) is 17.9 Å². The number of hydrogen-bond donors (Lipinski definition) is 1. The fraction of sp³-hybridized carbons (Fsp3) is 0.556. The van der Waals surface area contributed by atoms with Crippen molar-refractivity contribution >= 4 is 10.0 Å². The molecular weight excluding hydrogens is 216 g/mol. The predicted molar refractivity (Wildman–Crippen MR) is 55.1 cm³/mol. The molecule has 1 fully saturated rings. The predicted octanol–water partition coefficient (Wildman–Crippen LogP) is 0.180. The molecule has 5 nitrogen and oxygen atoms in total. The molecule has 15 heavy (non-hydrogen) atoms. The van der Waals surface area contributed by atoms with E-state index in [2.05, 4.69) is 5.32 Å². The minimum atomic E-state index is -3.45. The van der Waals surface area contributed by atoms with E-state index in [0.717, 1.165) is 0 Å². The Morgan fingerprint density at radius 2 is 2.13 bits per heavy atom. The van der Waals surface area contributed by atoms with Crippen LogP contribution in [-0.2, 0) is 10.0 Å². The quantitative estimate of drug-likeness (QED) is 0.804. The third-order valence-electron chi connectivity index (χ3n) is 2.62. The molecule has 2 rings (SSSR count). The van der Waals surface area contributed by atoms with Crippen molar-refractivity contribution in [3.63, 3.8) is 0 Å². The molecule has 0 radical (unpaired) electrons. The standard InChI is InChI=1S/C9H14N2O3S/c1-7-3-4-9(14-7)15(12,13)11(2)8-5-10-6-8/h3-4,8,10H,5-6H2,1-2H3. The molecule has 0 atom stereocenters. The van der Waals surface area contributed by atoms with Crippen molar-refractivity contribution in [2.45, 2.75) is 18.1 Å². The van der Waals surface area contributed by atoms with Crippen molar-refractivity contribution < 1.29 is 12.8 Å². The number of aryl methyl sites for hydroxylation is 1. The molecule has 84 valence electrons. The van der Waals surface area contributed by atoms with Gasteiger partial charge in [0.25, 0.3) is 10.0 Å². The summed E-state index contributed by atoms with van der Waals surface area (Å²) in [5.74, 6) is 0.605. The Bertz CT molecular complexity index is 448. The highest BCUT2D eigenvalue weighted by Crippen LogP contribution is 2.20. The van der Waals surface area contributed by atoms with E-state index in [-0.39, 0.29) is 11.1 Å². The summed E-state index contributed by atoms with van der Waals surface area (Å²) >= 11 is 0. The van der Waals surface area contributed by atoms with Gasteiger partial charge in [0.2, 0.25) is 5.09 Å². The normalized spacial score (nSPS) is 18.1. The molecule has 1 N–H and O–H groups in total. The molecular formula is C9H14N2O3S. The Balaban J connectivity index is 2.26. The second kappa shape index (κ2) is 3.62. The van der Waals surface area contributed by atoms with Crippen molar-refractivity contribution in [1.29, 1.82) is 0 Å². The van der Waals surface area contributed by atoms with Gasteiger partial charge in [-0.3, -0.25) is 0 Å². The third-order valence-corrected chi connectivity index (χ3v) is 4.41. The minimum Gasteiger partial charge on any atom is -0.449 e. The highest BCUT2D eigenvalue weighted by atomic mass is 32.2. The Labute approximate surface area is 89.1 Å². The van der Waals surface area contributed by atoms with Gasteiger partial charge in [0.05, 0.1) is 0 Å². The van der Waals surface area contributed by atoms with Gasteiger partial charge in [0.1, 0.15) is 5.76 Å². The lowest BCUT2D eigenvalue weighted by Crippen LogP contribution is -2.57. The average molecular weight is 230 g/mol. The van der Waals surface area contributed by atoms with Gasteiger partial charge in [-0.1, -0.05) is 0 Å². The van der Waals surface area contributed by atoms with Crippen LogP contribution < -0.4 is 5.32 Å². The highest BCUT2D eigenvalue weighted by Gasteiger charge is 2.33. The minimum absolute atomic E-state index is 0.0226. The molecule has 2 heterocycles. The number of nitrogens with zero attached hydrogens (tertiary/aromatic N) is 1. The zero-order valence-electron chi connectivity index (χ0n) is 8.73. The van der Waals surface area contributed by atoms with Crippen LogP contribution in [-0.4, -0.2) is 38.9 Å². The van der Waals surface area contributed by atoms with Gasteiger partial charge < -0.3 is 9.73 Å². The van der Waals surface area contributed by atoms with E-state index in [1.165, 1.54) is 10.4 Å². The summed E-state index contributed by atoms with van der Waals surface area (Å²) in [6, 6.07) is 3.19. The molecule has 0 aliphatic carbocycles. The lowest BCUT2D eigenvalue weighted by atomic mass is 10.2. The second-order valence-electron chi connectivity index (χ2n) is 3.70. The molecule has 1 aliphatic heterocycles. The number of hydrogen-bond acceptors (Lipinski definition) is 4. The first-order valence-electron chi connectivity index (χ1n) is 4.77. The van der Waals surface area contributed by atoms with Gasteiger partial charge >= 0.3 is 0 Å². The Kier molecular flexibility index (Phi) is 2.57. The summed E-state index contributed by atoms with van der Waals surface area (Å²) in [5, 5.41) is 3.06. The third kappa shape index (κ3) is 1.80. The van der Waals surface area contributed by atoms with Crippen LogP contribution in [0, 0.1) is 6.92 Å². The van der Waals surface area contributed by atoms with E-state index in [0.29, 0.717) is 18.8 Å². The van der Waals surface area contributed by atoms with Crippen LogP contribution in [0.1, 0.15) is 5.76 Å². The van der Waals surface area contributed by atoms with E-state index in [9.17, 15) is 8.42 Å². The van der Waals surface area contributed by atoms with Crippen LogP contribution in [0.4, 0.5) is 0 Å². The van der Waals surface area contributed by atoms with E-state index in [4.69, 9.17) is 4.42 Å². The molecule has 0 saturated carbocycles. The van der Waals surface area contributed by atoms with Gasteiger partial charge in [0, 0.05) is 26.2 Å². The molecule has 1 saturated heterocycles. The topological polar surface area (TPSA) is 62.6 Å². The number of rotatable bonds is 3. The van der Waals surface area contributed by atoms with Crippen LogP contribution in [0.25, 0.3) is 0 Å². The molecule has 6 heteroatoms. The fourth-order valence-corrected chi connectivity index (χ4v) is 2.72. The smallest absolute Gasteiger partial charge is 0.276 e. The van der Waals surface area contributed by atoms with Gasteiger partial charge in [0.15, 0.2) is 0 Å².